The molecule has 0 aromatic carbocycles. The van der Waals surface area contributed by atoms with E-state index in [9.17, 15) is 0 Å². The zero-order chi connectivity index (χ0) is 11.6. The summed E-state index contributed by atoms with van der Waals surface area (Å²) in [4.78, 5) is 0. The molecule has 1 aromatic rings. The monoisotopic (exact) mass is 257 g/mol. The van der Waals surface area contributed by atoms with Gasteiger partial charge in [0, 0.05) is 24.1 Å². The molecule has 0 aliphatic rings. The Labute approximate surface area is 108 Å². The number of nitrogens with one attached hydrogen (secondary N) is 1. The van der Waals surface area contributed by atoms with Crippen LogP contribution < -0.4 is 5.32 Å². The molecule has 92 valence electrons. The predicted molar refractivity (Wildman–Crippen MR) is 77.5 cm³/mol. The minimum atomic E-state index is 0.682. The molecule has 0 saturated heterocycles. The van der Waals surface area contributed by atoms with Crippen LogP contribution in [0.5, 0.6) is 0 Å². The molecule has 3 heteroatoms. The second-order valence-electron chi connectivity index (χ2n) is 4.18. The number of hydrogen-bond acceptors (Lipinski definition) is 3. The van der Waals surface area contributed by atoms with Crippen LogP contribution in [0.15, 0.2) is 16.8 Å². The van der Waals surface area contributed by atoms with Crippen LogP contribution in [-0.2, 0) is 5.75 Å². The van der Waals surface area contributed by atoms with Crippen LogP contribution in [0.3, 0.4) is 0 Å². The summed E-state index contributed by atoms with van der Waals surface area (Å²) >= 11 is 3.81. The minimum absolute atomic E-state index is 0.682. The molecule has 1 N–H and O–H groups in total. The Morgan fingerprint density at radius 3 is 3.06 bits per heavy atom. The largest absolute Gasteiger partial charge is 0.313 e. The summed E-state index contributed by atoms with van der Waals surface area (Å²) in [6, 6.07) is 2.90. The van der Waals surface area contributed by atoms with Crippen LogP contribution in [0.1, 0.15) is 38.7 Å². The van der Waals surface area contributed by atoms with Crippen LogP contribution in [0.25, 0.3) is 0 Å². The normalized spacial score (nSPS) is 12.9. The van der Waals surface area contributed by atoms with Crippen LogP contribution in [0, 0.1) is 0 Å². The van der Waals surface area contributed by atoms with E-state index in [4.69, 9.17) is 0 Å². The van der Waals surface area contributed by atoms with Gasteiger partial charge in [-0.3, -0.25) is 0 Å². The Balaban J connectivity index is 1.91. The third-order valence-electron chi connectivity index (χ3n) is 2.58. The van der Waals surface area contributed by atoms with Crippen LogP contribution >= 0.6 is 23.1 Å². The SMILES string of the molecule is CCCCC(C)NCCSCc1ccsc1. The lowest BCUT2D eigenvalue weighted by Crippen LogP contribution is -2.28. The van der Waals surface area contributed by atoms with E-state index >= 15 is 0 Å². The number of thioether (sulfide) groups is 1. The summed E-state index contributed by atoms with van der Waals surface area (Å²) in [5, 5.41) is 7.97. The van der Waals surface area contributed by atoms with Gasteiger partial charge in [-0.2, -0.15) is 23.1 Å². The third-order valence-corrected chi connectivity index (χ3v) is 4.34. The molecule has 0 saturated carbocycles. The van der Waals surface area contributed by atoms with E-state index < -0.39 is 0 Å². The standard InChI is InChI=1S/C13H23NS2/c1-3-4-5-12(2)14-7-9-16-11-13-6-8-15-10-13/h6,8,10,12,14H,3-5,7,9,11H2,1-2H3. The van der Waals surface area contributed by atoms with Gasteiger partial charge in [-0.25, -0.2) is 0 Å². The molecule has 0 fully saturated rings. The number of thiophene rings is 1. The Kier molecular flexibility index (Phi) is 7.99. The number of unbranched alkanes of at least 4 members (excludes halogenated alkanes) is 1. The minimum Gasteiger partial charge on any atom is -0.313 e. The van der Waals surface area contributed by atoms with E-state index in [0.717, 1.165) is 12.3 Å². The summed E-state index contributed by atoms with van der Waals surface area (Å²) < 4.78 is 0. The fourth-order valence-electron chi connectivity index (χ4n) is 1.55. The van der Waals surface area contributed by atoms with Crippen LogP contribution in [0.4, 0.5) is 0 Å². The number of hydrogen-bond donors (Lipinski definition) is 1. The lowest BCUT2D eigenvalue weighted by atomic mass is 10.1. The molecule has 0 aliphatic heterocycles. The fourth-order valence-corrected chi connectivity index (χ4v) is 3.15. The first-order valence-electron chi connectivity index (χ1n) is 6.15. The van der Waals surface area contributed by atoms with E-state index in [1.54, 1.807) is 11.3 Å². The van der Waals surface area contributed by atoms with E-state index in [-0.39, 0.29) is 0 Å². The summed E-state index contributed by atoms with van der Waals surface area (Å²) in [7, 11) is 0. The highest BCUT2D eigenvalue weighted by atomic mass is 32.2. The van der Waals surface area contributed by atoms with E-state index in [1.165, 1.54) is 30.6 Å². The second kappa shape index (κ2) is 9.08. The van der Waals surface area contributed by atoms with E-state index in [1.807, 2.05) is 11.8 Å². The Bertz CT molecular complexity index is 246. The van der Waals surface area contributed by atoms with Crippen molar-refractivity contribution < 1.29 is 0 Å². The quantitative estimate of drug-likeness (QED) is 0.667. The summed E-state index contributed by atoms with van der Waals surface area (Å²) in [5.74, 6) is 2.38. The van der Waals surface area contributed by atoms with Crippen molar-refractivity contribution in [2.24, 2.45) is 0 Å². The smallest absolute Gasteiger partial charge is 0.0193 e. The third kappa shape index (κ3) is 6.56. The first-order valence-corrected chi connectivity index (χ1v) is 8.25. The first kappa shape index (κ1) is 14.1. The van der Waals surface area contributed by atoms with Gasteiger partial charge in [0.05, 0.1) is 0 Å². The Morgan fingerprint density at radius 2 is 2.38 bits per heavy atom. The van der Waals surface area contributed by atoms with Crippen molar-refractivity contribution in [3.05, 3.63) is 22.4 Å². The van der Waals surface area contributed by atoms with Gasteiger partial charge in [0.2, 0.25) is 0 Å². The van der Waals surface area contributed by atoms with Gasteiger partial charge in [0.1, 0.15) is 0 Å². The first-order chi connectivity index (χ1) is 7.83. The van der Waals surface area contributed by atoms with Crippen molar-refractivity contribution >= 4 is 23.1 Å². The van der Waals surface area contributed by atoms with Gasteiger partial charge in [-0.1, -0.05) is 19.8 Å². The van der Waals surface area contributed by atoms with Crippen molar-refractivity contribution in [2.45, 2.75) is 44.9 Å². The van der Waals surface area contributed by atoms with Gasteiger partial charge in [-0.05, 0) is 35.7 Å². The van der Waals surface area contributed by atoms with Crippen molar-refractivity contribution in [3.8, 4) is 0 Å². The molecular formula is C13H23NS2. The van der Waals surface area contributed by atoms with Gasteiger partial charge in [0.15, 0.2) is 0 Å². The van der Waals surface area contributed by atoms with Gasteiger partial charge >= 0.3 is 0 Å². The lowest BCUT2D eigenvalue weighted by molar-refractivity contribution is 0.511. The maximum Gasteiger partial charge on any atom is 0.0193 e. The molecule has 0 radical (unpaired) electrons. The van der Waals surface area contributed by atoms with Crippen molar-refractivity contribution in [3.63, 3.8) is 0 Å². The van der Waals surface area contributed by atoms with Crippen LogP contribution in [0.2, 0.25) is 0 Å². The van der Waals surface area contributed by atoms with Crippen LogP contribution in [-0.4, -0.2) is 18.3 Å². The number of rotatable bonds is 9. The average Bonchev–Trinajstić information content (AvgIpc) is 2.79. The lowest BCUT2D eigenvalue weighted by Gasteiger charge is -2.12. The molecule has 1 atom stereocenters. The van der Waals surface area contributed by atoms with Crippen molar-refractivity contribution in [1.82, 2.24) is 5.32 Å². The highest BCUT2D eigenvalue weighted by Gasteiger charge is 1.99. The molecule has 0 amide bonds. The zero-order valence-electron chi connectivity index (χ0n) is 10.4. The molecule has 0 spiro atoms. The maximum atomic E-state index is 3.58. The summed E-state index contributed by atoms with van der Waals surface area (Å²) in [5.41, 5.74) is 1.47. The van der Waals surface area contributed by atoms with Crippen molar-refractivity contribution in [1.29, 1.82) is 0 Å². The molecule has 1 rings (SSSR count). The summed E-state index contributed by atoms with van der Waals surface area (Å²) in [6.45, 7) is 5.68. The second-order valence-corrected chi connectivity index (χ2v) is 6.07. The van der Waals surface area contributed by atoms with E-state index in [2.05, 4.69) is 36.0 Å². The molecule has 16 heavy (non-hydrogen) atoms. The molecule has 1 nitrogen and oxygen atoms in total. The maximum absolute atomic E-state index is 3.58. The summed E-state index contributed by atoms with van der Waals surface area (Å²) in [6.07, 6.45) is 3.96. The molecule has 0 aliphatic carbocycles. The van der Waals surface area contributed by atoms with E-state index in [0.29, 0.717) is 6.04 Å². The predicted octanol–water partition coefficient (Wildman–Crippen LogP) is 4.15. The van der Waals surface area contributed by atoms with Gasteiger partial charge in [-0.15, -0.1) is 0 Å². The zero-order valence-corrected chi connectivity index (χ0v) is 12.0. The molecular weight excluding hydrogens is 234 g/mol. The molecule has 1 unspecified atom stereocenters. The topological polar surface area (TPSA) is 12.0 Å². The average molecular weight is 257 g/mol. The highest BCUT2D eigenvalue weighted by Crippen LogP contribution is 2.14. The van der Waals surface area contributed by atoms with Crippen molar-refractivity contribution in [2.75, 3.05) is 12.3 Å². The fraction of sp³-hybridized carbons (Fsp3) is 0.692. The molecule has 0 bridgehead atoms. The Morgan fingerprint density at radius 1 is 1.50 bits per heavy atom. The van der Waals surface area contributed by atoms with Gasteiger partial charge in [0.25, 0.3) is 0 Å². The van der Waals surface area contributed by atoms with Gasteiger partial charge < -0.3 is 5.32 Å². The highest BCUT2D eigenvalue weighted by molar-refractivity contribution is 7.98. The molecule has 1 heterocycles. The Hall–Kier alpha value is 0.01000. The molecule has 1 aromatic heterocycles.